The molecule has 0 atom stereocenters. The Balaban J connectivity index is 2.00. The van der Waals surface area contributed by atoms with Gasteiger partial charge in [0, 0.05) is 19.6 Å². The number of nitrogen functional groups attached to an aromatic ring is 1. The molecule has 0 saturated carbocycles. The fourth-order valence-electron chi connectivity index (χ4n) is 2.10. The molecule has 0 bridgehead atoms. The smallest absolute Gasteiger partial charge is 0.141 e. The monoisotopic (exact) mass is 206 g/mol. The van der Waals surface area contributed by atoms with Crippen LogP contribution in [0.25, 0.3) is 0 Å². The molecule has 1 fully saturated rings. The van der Waals surface area contributed by atoms with Gasteiger partial charge in [0.05, 0.1) is 12.8 Å². The van der Waals surface area contributed by atoms with Crippen LogP contribution in [0, 0.1) is 5.92 Å². The first kappa shape index (κ1) is 10.3. The quantitative estimate of drug-likeness (QED) is 0.765. The fourth-order valence-corrected chi connectivity index (χ4v) is 2.10. The van der Waals surface area contributed by atoms with E-state index in [2.05, 4.69) is 17.9 Å². The SMILES string of the molecule is COc1ccc(CN2CC(C)C2)cc1N. The number of benzene rings is 1. The molecule has 1 saturated heterocycles. The summed E-state index contributed by atoms with van der Waals surface area (Å²) in [4.78, 5) is 2.42. The molecule has 0 aromatic heterocycles. The van der Waals surface area contributed by atoms with Gasteiger partial charge in [0.15, 0.2) is 0 Å². The van der Waals surface area contributed by atoms with E-state index >= 15 is 0 Å². The van der Waals surface area contributed by atoms with Crippen molar-refractivity contribution in [2.45, 2.75) is 13.5 Å². The van der Waals surface area contributed by atoms with Crippen molar-refractivity contribution in [3.8, 4) is 5.75 Å². The lowest BCUT2D eigenvalue weighted by atomic mass is 10.0. The van der Waals surface area contributed by atoms with Crippen LogP contribution in [0.5, 0.6) is 5.75 Å². The van der Waals surface area contributed by atoms with Gasteiger partial charge < -0.3 is 10.5 Å². The van der Waals surface area contributed by atoms with Crippen LogP contribution >= 0.6 is 0 Å². The average molecular weight is 206 g/mol. The molecule has 0 aliphatic carbocycles. The first-order valence-corrected chi connectivity index (χ1v) is 5.34. The van der Waals surface area contributed by atoms with Crippen molar-refractivity contribution >= 4 is 5.69 Å². The maximum absolute atomic E-state index is 5.85. The highest BCUT2D eigenvalue weighted by atomic mass is 16.5. The summed E-state index contributed by atoms with van der Waals surface area (Å²) in [5, 5.41) is 0. The molecule has 1 aliphatic rings. The number of ether oxygens (including phenoxy) is 1. The molecule has 15 heavy (non-hydrogen) atoms. The Labute approximate surface area is 90.8 Å². The summed E-state index contributed by atoms with van der Waals surface area (Å²) in [5.74, 6) is 1.61. The zero-order chi connectivity index (χ0) is 10.8. The van der Waals surface area contributed by atoms with Crippen LogP contribution in [-0.2, 0) is 6.54 Å². The summed E-state index contributed by atoms with van der Waals surface area (Å²) in [6.07, 6.45) is 0. The topological polar surface area (TPSA) is 38.5 Å². The van der Waals surface area contributed by atoms with Gasteiger partial charge in [-0.2, -0.15) is 0 Å². The number of rotatable bonds is 3. The number of anilines is 1. The van der Waals surface area contributed by atoms with Crippen molar-refractivity contribution < 1.29 is 4.74 Å². The summed E-state index contributed by atoms with van der Waals surface area (Å²) in [6, 6.07) is 6.02. The lowest BCUT2D eigenvalue weighted by Gasteiger charge is -2.37. The van der Waals surface area contributed by atoms with Crippen LogP contribution in [-0.4, -0.2) is 25.1 Å². The Kier molecular flexibility index (Phi) is 2.82. The van der Waals surface area contributed by atoms with Crippen LogP contribution < -0.4 is 10.5 Å². The zero-order valence-corrected chi connectivity index (χ0v) is 9.36. The van der Waals surface area contributed by atoms with Crippen LogP contribution in [0.3, 0.4) is 0 Å². The molecule has 1 aromatic carbocycles. The minimum absolute atomic E-state index is 0.726. The van der Waals surface area contributed by atoms with E-state index in [4.69, 9.17) is 10.5 Å². The van der Waals surface area contributed by atoms with E-state index < -0.39 is 0 Å². The molecule has 3 nitrogen and oxygen atoms in total. The molecule has 3 heteroatoms. The van der Waals surface area contributed by atoms with Crippen LogP contribution in [0.4, 0.5) is 5.69 Å². The van der Waals surface area contributed by atoms with Crippen LogP contribution in [0.15, 0.2) is 18.2 Å². The average Bonchev–Trinajstić information content (AvgIpc) is 2.16. The van der Waals surface area contributed by atoms with Gasteiger partial charge in [-0.1, -0.05) is 13.0 Å². The standard InChI is InChI=1S/C12H18N2O/c1-9-6-14(7-9)8-10-3-4-12(15-2)11(13)5-10/h3-5,9H,6-8,13H2,1-2H3. The van der Waals surface area contributed by atoms with E-state index in [0.717, 1.165) is 23.9 Å². The maximum Gasteiger partial charge on any atom is 0.141 e. The number of methoxy groups -OCH3 is 1. The van der Waals surface area contributed by atoms with E-state index in [1.54, 1.807) is 7.11 Å². The number of nitrogens with two attached hydrogens (primary N) is 1. The minimum atomic E-state index is 0.726. The summed E-state index contributed by atoms with van der Waals surface area (Å²) >= 11 is 0. The van der Waals surface area contributed by atoms with Gasteiger partial charge in [-0.15, -0.1) is 0 Å². The molecule has 82 valence electrons. The second kappa shape index (κ2) is 4.11. The van der Waals surface area contributed by atoms with Gasteiger partial charge in [-0.05, 0) is 23.6 Å². The van der Waals surface area contributed by atoms with E-state index in [1.165, 1.54) is 18.7 Å². The number of likely N-dealkylation sites (tertiary alicyclic amines) is 1. The second-order valence-electron chi connectivity index (χ2n) is 4.38. The molecule has 2 rings (SSSR count). The van der Waals surface area contributed by atoms with E-state index in [0.29, 0.717) is 0 Å². The molecule has 0 amide bonds. The molecule has 1 aromatic rings. The summed E-state index contributed by atoms with van der Waals surface area (Å²) in [7, 11) is 1.64. The fraction of sp³-hybridized carbons (Fsp3) is 0.500. The van der Waals surface area contributed by atoms with Crippen LogP contribution in [0.2, 0.25) is 0 Å². The van der Waals surface area contributed by atoms with Gasteiger partial charge in [0.2, 0.25) is 0 Å². The first-order valence-electron chi connectivity index (χ1n) is 5.34. The largest absolute Gasteiger partial charge is 0.495 e. The maximum atomic E-state index is 5.85. The molecular weight excluding hydrogens is 188 g/mol. The molecule has 0 unspecified atom stereocenters. The van der Waals surface area contributed by atoms with Crippen molar-refractivity contribution in [2.24, 2.45) is 5.92 Å². The van der Waals surface area contributed by atoms with E-state index in [9.17, 15) is 0 Å². The van der Waals surface area contributed by atoms with Gasteiger partial charge in [0.25, 0.3) is 0 Å². The van der Waals surface area contributed by atoms with Crippen molar-refractivity contribution in [2.75, 3.05) is 25.9 Å². The van der Waals surface area contributed by atoms with Crippen molar-refractivity contribution in [1.29, 1.82) is 0 Å². The van der Waals surface area contributed by atoms with Crippen molar-refractivity contribution in [3.05, 3.63) is 23.8 Å². The lowest BCUT2D eigenvalue weighted by molar-refractivity contribution is 0.105. The van der Waals surface area contributed by atoms with Gasteiger partial charge in [-0.3, -0.25) is 4.90 Å². The highest BCUT2D eigenvalue weighted by Crippen LogP contribution is 2.24. The Bertz CT molecular complexity index is 345. The predicted octanol–water partition coefficient (Wildman–Crippen LogP) is 1.73. The number of hydrogen-bond donors (Lipinski definition) is 1. The first-order chi connectivity index (χ1) is 7.19. The zero-order valence-electron chi connectivity index (χ0n) is 9.36. The highest BCUT2D eigenvalue weighted by molar-refractivity contribution is 5.54. The third-order valence-corrected chi connectivity index (χ3v) is 2.84. The Morgan fingerprint density at radius 2 is 2.20 bits per heavy atom. The molecule has 1 heterocycles. The summed E-state index contributed by atoms with van der Waals surface area (Å²) < 4.78 is 5.12. The summed E-state index contributed by atoms with van der Waals surface area (Å²) in [6.45, 7) is 5.68. The van der Waals surface area contributed by atoms with Gasteiger partial charge in [-0.25, -0.2) is 0 Å². The highest BCUT2D eigenvalue weighted by Gasteiger charge is 2.22. The molecule has 0 spiro atoms. The number of nitrogens with zero attached hydrogens (tertiary/aromatic N) is 1. The molecular formula is C12H18N2O. The van der Waals surface area contributed by atoms with Crippen molar-refractivity contribution in [1.82, 2.24) is 4.90 Å². The van der Waals surface area contributed by atoms with Crippen molar-refractivity contribution in [3.63, 3.8) is 0 Å². The summed E-state index contributed by atoms with van der Waals surface area (Å²) in [5.41, 5.74) is 7.84. The van der Waals surface area contributed by atoms with E-state index in [1.807, 2.05) is 12.1 Å². The Hall–Kier alpha value is -1.22. The Morgan fingerprint density at radius 3 is 2.73 bits per heavy atom. The normalized spacial score (nSPS) is 17.5. The lowest BCUT2D eigenvalue weighted by Crippen LogP contribution is -2.44. The molecule has 1 aliphatic heterocycles. The van der Waals surface area contributed by atoms with Gasteiger partial charge >= 0.3 is 0 Å². The predicted molar refractivity (Wildman–Crippen MR) is 61.8 cm³/mol. The minimum Gasteiger partial charge on any atom is -0.495 e. The second-order valence-corrected chi connectivity index (χ2v) is 4.38. The van der Waals surface area contributed by atoms with Crippen LogP contribution in [0.1, 0.15) is 12.5 Å². The molecule has 2 N–H and O–H groups in total. The molecule has 0 radical (unpaired) electrons. The van der Waals surface area contributed by atoms with Gasteiger partial charge in [0.1, 0.15) is 5.75 Å². The third kappa shape index (κ3) is 2.23. The third-order valence-electron chi connectivity index (χ3n) is 2.84. The number of hydrogen-bond acceptors (Lipinski definition) is 3. The Morgan fingerprint density at radius 1 is 1.47 bits per heavy atom. The van der Waals surface area contributed by atoms with E-state index in [-0.39, 0.29) is 0 Å².